The van der Waals surface area contributed by atoms with Crippen LogP contribution in [0.2, 0.25) is 0 Å². The summed E-state index contributed by atoms with van der Waals surface area (Å²) >= 11 is 0. The third kappa shape index (κ3) is 2.89. The van der Waals surface area contributed by atoms with Gasteiger partial charge < -0.3 is 9.88 Å². The fraction of sp³-hybridized carbons (Fsp3) is 0.769. The summed E-state index contributed by atoms with van der Waals surface area (Å²) in [6.07, 6.45) is 6.41. The molecule has 1 fully saturated rings. The van der Waals surface area contributed by atoms with Gasteiger partial charge in [0, 0.05) is 31.2 Å². The zero-order valence-electron chi connectivity index (χ0n) is 11.8. The van der Waals surface area contributed by atoms with Gasteiger partial charge >= 0.3 is 0 Å². The first-order chi connectivity index (χ1) is 9.54. The van der Waals surface area contributed by atoms with Crippen LogP contribution in [0.25, 0.3) is 0 Å². The van der Waals surface area contributed by atoms with Crippen LogP contribution in [0.15, 0.2) is 11.2 Å². The monoisotopic (exact) mass is 298 g/mol. The van der Waals surface area contributed by atoms with Crippen molar-refractivity contribution in [1.82, 2.24) is 19.6 Å². The largest absolute Gasteiger partial charge is 0.333 e. The molecule has 112 valence electrons. The molecule has 1 saturated heterocycles. The van der Waals surface area contributed by atoms with E-state index in [9.17, 15) is 8.42 Å². The topological polar surface area (TPSA) is 76.0 Å². The van der Waals surface area contributed by atoms with Gasteiger partial charge in [0.05, 0.1) is 0 Å². The van der Waals surface area contributed by atoms with Crippen molar-refractivity contribution in [2.24, 2.45) is 0 Å². The number of piperidine rings is 1. The maximum absolute atomic E-state index is 12.4. The minimum atomic E-state index is -3.49. The third-order valence-electron chi connectivity index (χ3n) is 4.11. The van der Waals surface area contributed by atoms with Crippen LogP contribution in [-0.2, 0) is 23.0 Å². The quantitative estimate of drug-likeness (QED) is 0.858. The van der Waals surface area contributed by atoms with Crippen LogP contribution >= 0.6 is 0 Å². The molecule has 20 heavy (non-hydrogen) atoms. The van der Waals surface area contributed by atoms with E-state index >= 15 is 0 Å². The fourth-order valence-corrected chi connectivity index (χ4v) is 4.30. The number of imidazole rings is 1. The third-order valence-corrected chi connectivity index (χ3v) is 5.50. The molecule has 7 heteroatoms. The van der Waals surface area contributed by atoms with E-state index in [-0.39, 0.29) is 11.1 Å². The van der Waals surface area contributed by atoms with Gasteiger partial charge in [0.25, 0.3) is 10.0 Å². The number of nitrogens with one attached hydrogen (secondary N) is 2. The molecule has 6 nitrogen and oxygen atoms in total. The summed E-state index contributed by atoms with van der Waals surface area (Å²) in [4.78, 5) is 4.30. The molecule has 0 amide bonds. The molecule has 2 atom stereocenters. The summed E-state index contributed by atoms with van der Waals surface area (Å²) in [6.45, 7) is 3.81. The molecule has 0 radical (unpaired) electrons. The van der Waals surface area contributed by atoms with Crippen molar-refractivity contribution in [2.75, 3.05) is 6.54 Å². The first-order valence-corrected chi connectivity index (χ1v) is 8.85. The van der Waals surface area contributed by atoms with E-state index in [1.807, 2.05) is 4.57 Å². The minimum Gasteiger partial charge on any atom is -0.333 e. The lowest BCUT2D eigenvalue weighted by Crippen LogP contribution is -2.46. The highest BCUT2D eigenvalue weighted by Gasteiger charge is 2.27. The summed E-state index contributed by atoms with van der Waals surface area (Å²) in [5, 5.41) is 3.50. The Kier molecular flexibility index (Phi) is 3.83. The average Bonchev–Trinajstić information content (AvgIpc) is 2.82. The van der Waals surface area contributed by atoms with E-state index < -0.39 is 10.0 Å². The Morgan fingerprint density at radius 1 is 1.45 bits per heavy atom. The Hall–Kier alpha value is -0.920. The molecule has 2 aliphatic heterocycles. The second-order valence-corrected chi connectivity index (χ2v) is 7.50. The standard InChI is InChI=1S/C13H22N4O2S/c1-10-8-11(5-6-14-10)16-20(18,19)13-9-17-7-3-2-4-12(17)15-13/h9-11,14,16H,2-8H2,1H3. The molecule has 2 aliphatic rings. The fourth-order valence-electron chi connectivity index (χ4n) is 3.03. The van der Waals surface area contributed by atoms with E-state index in [1.54, 1.807) is 6.20 Å². The SMILES string of the molecule is CC1CC(NS(=O)(=O)c2cn3c(n2)CCCC3)CCN1. The van der Waals surface area contributed by atoms with Crippen molar-refractivity contribution < 1.29 is 8.42 Å². The van der Waals surface area contributed by atoms with Gasteiger partial charge in [-0.05, 0) is 39.2 Å². The summed E-state index contributed by atoms with van der Waals surface area (Å²) < 4.78 is 29.6. The molecule has 0 saturated carbocycles. The molecular formula is C13H22N4O2S. The minimum absolute atomic E-state index is 0.00924. The predicted molar refractivity (Wildman–Crippen MR) is 76.0 cm³/mol. The number of hydrogen-bond acceptors (Lipinski definition) is 4. The number of aryl methyl sites for hydroxylation is 2. The highest BCUT2D eigenvalue weighted by Crippen LogP contribution is 2.18. The van der Waals surface area contributed by atoms with Crippen LogP contribution in [-0.4, -0.2) is 36.6 Å². The Morgan fingerprint density at radius 3 is 3.05 bits per heavy atom. The first-order valence-electron chi connectivity index (χ1n) is 7.36. The van der Waals surface area contributed by atoms with Gasteiger partial charge in [-0.1, -0.05) is 0 Å². The van der Waals surface area contributed by atoms with E-state index in [0.717, 1.165) is 51.0 Å². The number of sulfonamides is 1. The summed E-state index contributed by atoms with van der Waals surface area (Å²) in [6, 6.07) is 0.363. The summed E-state index contributed by atoms with van der Waals surface area (Å²) in [5.41, 5.74) is 0. The molecule has 0 aromatic carbocycles. The summed E-state index contributed by atoms with van der Waals surface area (Å²) in [5.74, 6) is 0.898. The number of aromatic nitrogens is 2. The van der Waals surface area contributed by atoms with Crippen LogP contribution in [0.3, 0.4) is 0 Å². The van der Waals surface area contributed by atoms with Crippen molar-refractivity contribution >= 4 is 10.0 Å². The van der Waals surface area contributed by atoms with E-state index in [2.05, 4.69) is 21.9 Å². The highest BCUT2D eigenvalue weighted by molar-refractivity contribution is 7.89. The second kappa shape index (κ2) is 5.46. The molecule has 3 heterocycles. The first kappa shape index (κ1) is 14.0. The Bertz CT molecular complexity index is 558. The lowest BCUT2D eigenvalue weighted by atomic mass is 10.0. The van der Waals surface area contributed by atoms with Crippen molar-refractivity contribution in [3.8, 4) is 0 Å². The van der Waals surface area contributed by atoms with Crippen molar-refractivity contribution in [3.63, 3.8) is 0 Å². The molecule has 3 rings (SSSR count). The molecule has 2 N–H and O–H groups in total. The van der Waals surface area contributed by atoms with Crippen LogP contribution in [0, 0.1) is 0 Å². The van der Waals surface area contributed by atoms with Gasteiger partial charge in [-0.15, -0.1) is 0 Å². The number of nitrogens with zero attached hydrogens (tertiary/aromatic N) is 2. The normalized spacial score (nSPS) is 27.2. The van der Waals surface area contributed by atoms with Gasteiger partial charge in [-0.25, -0.2) is 18.1 Å². The van der Waals surface area contributed by atoms with E-state index in [1.165, 1.54) is 0 Å². The van der Waals surface area contributed by atoms with Crippen LogP contribution < -0.4 is 10.0 Å². The molecule has 0 bridgehead atoms. The zero-order valence-corrected chi connectivity index (χ0v) is 12.6. The van der Waals surface area contributed by atoms with E-state index in [0.29, 0.717) is 6.04 Å². The van der Waals surface area contributed by atoms with Gasteiger partial charge in [0.2, 0.25) is 0 Å². The second-order valence-electron chi connectivity index (χ2n) is 5.84. The lowest BCUT2D eigenvalue weighted by molar-refractivity contribution is 0.361. The van der Waals surface area contributed by atoms with Crippen molar-refractivity contribution in [3.05, 3.63) is 12.0 Å². The maximum atomic E-state index is 12.4. The van der Waals surface area contributed by atoms with Crippen molar-refractivity contribution in [2.45, 2.75) is 62.7 Å². The van der Waals surface area contributed by atoms with Crippen LogP contribution in [0.5, 0.6) is 0 Å². The molecule has 0 spiro atoms. The Labute approximate surface area is 120 Å². The lowest BCUT2D eigenvalue weighted by Gasteiger charge is -2.28. The molecule has 1 aromatic rings. The van der Waals surface area contributed by atoms with Crippen molar-refractivity contribution in [1.29, 1.82) is 0 Å². The number of rotatable bonds is 3. The van der Waals surface area contributed by atoms with Gasteiger partial charge in [-0.3, -0.25) is 0 Å². The van der Waals surface area contributed by atoms with Gasteiger partial charge in [0.15, 0.2) is 5.03 Å². The molecule has 1 aromatic heterocycles. The molecular weight excluding hydrogens is 276 g/mol. The smallest absolute Gasteiger partial charge is 0.259 e. The van der Waals surface area contributed by atoms with Gasteiger partial charge in [-0.2, -0.15) is 0 Å². The highest BCUT2D eigenvalue weighted by atomic mass is 32.2. The van der Waals surface area contributed by atoms with Crippen LogP contribution in [0.1, 0.15) is 38.4 Å². The Morgan fingerprint density at radius 2 is 2.30 bits per heavy atom. The van der Waals surface area contributed by atoms with Crippen LogP contribution in [0.4, 0.5) is 0 Å². The number of hydrogen-bond donors (Lipinski definition) is 2. The molecule has 2 unspecified atom stereocenters. The van der Waals surface area contributed by atoms with E-state index in [4.69, 9.17) is 0 Å². The predicted octanol–water partition coefficient (Wildman–Crippen LogP) is 0.638. The number of fused-ring (bicyclic) bond motifs is 1. The Balaban J connectivity index is 1.75. The maximum Gasteiger partial charge on any atom is 0.259 e. The zero-order chi connectivity index (χ0) is 14.2. The summed E-state index contributed by atoms with van der Waals surface area (Å²) in [7, 11) is -3.49. The average molecular weight is 298 g/mol. The van der Waals surface area contributed by atoms with Gasteiger partial charge in [0.1, 0.15) is 5.82 Å². The molecule has 0 aliphatic carbocycles.